The summed E-state index contributed by atoms with van der Waals surface area (Å²) in [7, 11) is 0. The van der Waals surface area contributed by atoms with Gasteiger partial charge in [0, 0.05) is 17.8 Å². The molecule has 1 aromatic carbocycles. The van der Waals surface area contributed by atoms with Crippen molar-refractivity contribution in [3.05, 3.63) is 41.3 Å². The number of anilines is 1. The van der Waals surface area contributed by atoms with Crippen LogP contribution in [-0.4, -0.2) is 36.1 Å². The average molecular weight is 358 g/mol. The van der Waals surface area contributed by atoms with E-state index in [0.717, 1.165) is 42.8 Å². The highest BCUT2D eigenvalue weighted by Crippen LogP contribution is 2.38. The Labute approximate surface area is 151 Å². The van der Waals surface area contributed by atoms with E-state index in [1.807, 2.05) is 36.4 Å². The number of aromatic carboxylic acids is 1. The fraction of sp³-hybridized carbons (Fsp3) is 0.368. The third kappa shape index (κ3) is 3.91. The number of rotatable bonds is 4. The summed E-state index contributed by atoms with van der Waals surface area (Å²) in [6.45, 7) is 3.29. The lowest BCUT2D eigenvalue weighted by Gasteiger charge is -2.30. The molecule has 0 saturated carbocycles. The molecule has 132 valence electrons. The largest absolute Gasteiger partial charge is 0.477 e. The van der Waals surface area contributed by atoms with Crippen LogP contribution < -0.4 is 10.2 Å². The lowest BCUT2D eigenvalue weighted by Crippen LogP contribution is -2.40. The molecule has 1 unspecified atom stereocenters. The highest BCUT2D eigenvalue weighted by molar-refractivity contribution is 7.18. The molecule has 25 heavy (non-hydrogen) atoms. The molecule has 1 aliphatic rings. The van der Waals surface area contributed by atoms with E-state index in [1.54, 1.807) is 4.90 Å². The number of carbonyl (C=O) groups excluding carboxylic acids is 1. The van der Waals surface area contributed by atoms with Crippen molar-refractivity contribution >= 4 is 28.9 Å². The van der Waals surface area contributed by atoms with E-state index in [2.05, 4.69) is 5.32 Å². The lowest BCUT2D eigenvalue weighted by atomic mass is 10.1. The van der Waals surface area contributed by atoms with Crippen LogP contribution in [0.1, 0.15) is 35.9 Å². The maximum absolute atomic E-state index is 12.4. The first-order chi connectivity index (χ1) is 12.1. The molecule has 0 aliphatic carbocycles. The van der Waals surface area contributed by atoms with Crippen molar-refractivity contribution in [3.63, 3.8) is 0 Å². The molecule has 5 nitrogen and oxygen atoms in total. The number of nitrogens with zero attached hydrogens (tertiary/aromatic N) is 1. The zero-order valence-corrected chi connectivity index (χ0v) is 15.0. The summed E-state index contributed by atoms with van der Waals surface area (Å²) in [5, 5.41) is 13.0. The van der Waals surface area contributed by atoms with Crippen LogP contribution >= 0.6 is 11.3 Å². The Morgan fingerprint density at radius 3 is 2.64 bits per heavy atom. The Morgan fingerprint density at radius 2 is 1.96 bits per heavy atom. The Bertz CT molecular complexity index is 749. The van der Waals surface area contributed by atoms with E-state index >= 15 is 0 Å². The number of carbonyl (C=O) groups is 2. The van der Waals surface area contributed by atoms with Crippen LogP contribution in [0.2, 0.25) is 0 Å². The first-order valence-electron chi connectivity index (χ1n) is 8.51. The van der Waals surface area contributed by atoms with Gasteiger partial charge in [-0.1, -0.05) is 30.3 Å². The maximum atomic E-state index is 12.4. The number of carboxylic acids is 1. The van der Waals surface area contributed by atoms with E-state index < -0.39 is 5.97 Å². The van der Waals surface area contributed by atoms with Crippen LogP contribution in [0.4, 0.5) is 5.69 Å². The molecular weight excluding hydrogens is 336 g/mol. The molecule has 1 amide bonds. The second kappa shape index (κ2) is 7.80. The third-order valence-electron chi connectivity index (χ3n) is 4.47. The number of amides is 1. The quantitative estimate of drug-likeness (QED) is 0.876. The van der Waals surface area contributed by atoms with Gasteiger partial charge in [-0.15, -0.1) is 11.3 Å². The van der Waals surface area contributed by atoms with Crippen LogP contribution in [0.3, 0.4) is 0 Å². The van der Waals surface area contributed by atoms with Gasteiger partial charge in [0.05, 0.1) is 5.69 Å². The minimum Gasteiger partial charge on any atom is -0.477 e. The zero-order valence-electron chi connectivity index (χ0n) is 14.2. The Balaban J connectivity index is 2.04. The van der Waals surface area contributed by atoms with Crippen LogP contribution in [0, 0.1) is 0 Å². The van der Waals surface area contributed by atoms with Gasteiger partial charge in [-0.3, -0.25) is 4.79 Å². The molecule has 2 N–H and O–H groups in total. The summed E-state index contributed by atoms with van der Waals surface area (Å²) >= 11 is 1.23. The second-order valence-electron chi connectivity index (χ2n) is 6.22. The molecule has 2 heterocycles. The summed E-state index contributed by atoms with van der Waals surface area (Å²) in [4.78, 5) is 27.0. The van der Waals surface area contributed by atoms with Gasteiger partial charge >= 0.3 is 5.97 Å². The van der Waals surface area contributed by atoms with Gasteiger partial charge in [-0.05, 0) is 44.0 Å². The third-order valence-corrected chi connectivity index (χ3v) is 5.64. The summed E-state index contributed by atoms with van der Waals surface area (Å²) in [6.07, 6.45) is 2.68. The molecule has 1 aromatic heterocycles. The highest BCUT2D eigenvalue weighted by Gasteiger charge is 2.29. The zero-order chi connectivity index (χ0) is 17.8. The average Bonchev–Trinajstić information content (AvgIpc) is 2.85. The van der Waals surface area contributed by atoms with E-state index in [9.17, 15) is 14.7 Å². The van der Waals surface area contributed by atoms with E-state index in [-0.39, 0.29) is 16.8 Å². The highest BCUT2D eigenvalue weighted by atomic mass is 32.1. The molecule has 0 bridgehead atoms. The van der Waals surface area contributed by atoms with Crippen molar-refractivity contribution in [2.75, 3.05) is 18.0 Å². The van der Waals surface area contributed by atoms with Crippen LogP contribution in [-0.2, 0) is 4.79 Å². The van der Waals surface area contributed by atoms with Crippen LogP contribution in [0.15, 0.2) is 36.4 Å². The summed E-state index contributed by atoms with van der Waals surface area (Å²) in [5.41, 5.74) is 1.49. The minimum atomic E-state index is -0.986. The summed E-state index contributed by atoms with van der Waals surface area (Å²) < 4.78 is 0. The number of benzene rings is 1. The first kappa shape index (κ1) is 17.6. The van der Waals surface area contributed by atoms with E-state index in [0.29, 0.717) is 5.69 Å². The summed E-state index contributed by atoms with van der Waals surface area (Å²) in [5.74, 6) is -1.09. The molecule has 3 rings (SSSR count). The molecule has 0 radical (unpaired) electrons. The van der Waals surface area contributed by atoms with Crippen LogP contribution in [0.25, 0.3) is 10.4 Å². The maximum Gasteiger partial charge on any atom is 0.348 e. The lowest BCUT2D eigenvalue weighted by molar-refractivity contribution is -0.117. The molecule has 6 heteroatoms. The van der Waals surface area contributed by atoms with Gasteiger partial charge in [0.2, 0.25) is 5.91 Å². The van der Waals surface area contributed by atoms with E-state index in [4.69, 9.17) is 0 Å². The molecule has 1 saturated heterocycles. The van der Waals surface area contributed by atoms with Crippen molar-refractivity contribution in [3.8, 4) is 10.4 Å². The normalized spacial score (nSPS) is 17.7. The first-order valence-corrected chi connectivity index (χ1v) is 9.32. The molecule has 1 aliphatic heterocycles. The fourth-order valence-corrected chi connectivity index (χ4v) is 4.33. The van der Waals surface area contributed by atoms with Crippen molar-refractivity contribution in [2.24, 2.45) is 0 Å². The van der Waals surface area contributed by atoms with Gasteiger partial charge in [0.1, 0.15) is 4.88 Å². The monoisotopic (exact) mass is 358 g/mol. The molecular formula is C19H22N2O3S. The van der Waals surface area contributed by atoms with Crippen molar-refractivity contribution in [2.45, 2.75) is 32.2 Å². The number of nitrogens with one attached hydrogen (secondary N) is 1. The van der Waals surface area contributed by atoms with Gasteiger partial charge in [-0.25, -0.2) is 4.79 Å². The van der Waals surface area contributed by atoms with Crippen molar-refractivity contribution in [1.82, 2.24) is 5.32 Å². The van der Waals surface area contributed by atoms with Gasteiger partial charge in [0.25, 0.3) is 0 Å². The van der Waals surface area contributed by atoms with Crippen molar-refractivity contribution < 1.29 is 14.7 Å². The molecule has 0 spiro atoms. The predicted molar refractivity (Wildman–Crippen MR) is 100 cm³/mol. The van der Waals surface area contributed by atoms with E-state index in [1.165, 1.54) is 18.3 Å². The standard InChI is InChI=1S/C19H22N2O3S/c1-13(22)21(15-8-5-10-20-11-9-15)16-12-17(25-18(16)19(23)24)14-6-3-2-4-7-14/h2-4,6-7,12,15,20H,5,8-11H2,1H3,(H,23,24). The number of carboxylic acid groups (broad SMARTS) is 1. The number of hydrogen-bond acceptors (Lipinski definition) is 4. The Morgan fingerprint density at radius 1 is 1.20 bits per heavy atom. The van der Waals surface area contributed by atoms with Crippen molar-refractivity contribution in [1.29, 1.82) is 0 Å². The summed E-state index contributed by atoms with van der Waals surface area (Å²) in [6, 6.07) is 11.6. The fourth-order valence-electron chi connectivity index (χ4n) is 3.34. The number of hydrogen-bond donors (Lipinski definition) is 2. The topological polar surface area (TPSA) is 69.6 Å². The molecule has 1 fully saturated rings. The van der Waals surface area contributed by atoms with Crippen LogP contribution in [0.5, 0.6) is 0 Å². The van der Waals surface area contributed by atoms with Gasteiger partial charge in [-0.2, -0.15) is 0 Å². The van der Waals surface area contributed by atoms with Gasteiger partial charge in [0.15, 0.2) is 0 Å². The Hall–Kier alpha value is -2.18. The predicted octanol–water partition coefficient (Wildman–Crippen LogP) is 3.61. The Kier molecular flexibility index (Phi) is 5.50. The number of thiophene rings is 1. The SMILES string of the molecule is CC(=O)N(c1cc(-c2ccccc2)sc1C(=O)O)C1CCCNCC1. The minimum absolute atomic E-state index is 0.0313. The second-order valence-corrected chi connectivity index (χ2v) is 7.27. The molecule has 1 atom stereocenters. The molecule has 2 aromatic rings. The van der Waals surface area contributed by atoms with Gasteiger partial charge < -0.3 is 15.3 Å². The smallest absolute Gasteiger partial charge is 0.348 e.